The number of hydrogen-bond donors (Lipinski definition) is 1. The molecule has 6 nitrogen and oxygen atoms in total. The van der Waals surface area contributed by atoms with Crippen molar-refractivity contribution >= 4 is 11.9 Å². The minimum atomic E-state index is -0.931. The third-order valence-electron chi connectivity index (χ3n) is 7.06. The van der Waals surface area contributed by atoms with Crippen molar-refractivity contribution in [1.82, 2.24) is 0 Å². The highest BCUT2D eigenvalue weighted by molar-refractivity contribution is 5.91. The Kier molecular flexibility index (Phi) is 3.70. The molecule has 4 rings (SSSR count). The summed E-state index contributed by atoms with van der Waals surface area (Å²) in [6.45, 7) is 11.4. The second-order valence-electron chi connectivity index (χ2n) is 8.62. The summed E-state index contributed by atoms with van der Waals surface area (Å²) in [6.07, 6.45) is 1.20. The van der Waals surface area contributed by atoms with Gasteiger partial charge in [-0.1, -0.05) is 25.2 Å². The summed E-state index contributed by atoms with van der Waals surface area (Å²) in [4.78, 5) is 24.8. The molecule has 0 amide bonds. The number of aliphatic hydroxyl groups excluding tert-OH is 1. The molecule has 0 bridgehead atoms. The highest BCUT2D eigenvalue weighted by atomic mass is 16.7. The zero-order valence-electron chi connectivity index (χ0n) is 15.7. The number of rotatable bonds is 2. The van der Waals surface area contributed by atoms with Gasteiger partial charge in [0, 0.05) is 16.9 Å². The lowest BCUT2D eigenvalue weighted by Gasteiger charge is -2.53. The van der Waals surface area contributed by atoms with Gasteiger partial charge in [-0.15, -0.1) is 0 Å². The molecular formula is C20H26O6. The maximum atomic E-state index is 12.6. The summed E-state index contributed by atoms with van der Waals surface area (Å²) in [5.41, 5.74) is -0.0185. The first-order chi connectivity index (χ1) is 12.1. The molecule has 0 aromatic carbocycles. The Labute approximate surface area is 153 Å². The average Bonchev–Trinajstić information content (AvgIpc) is 3.07. The topological polar surface area (TPSA) is 85.4 Å². The van der Waals surface area contributed by atoms with Crippen molar-refractivity contribution in [3.8, 4) is 0 Å². The van der Waals surface area contributed by atoms with E-state index in [1.165, 1.54) is 0 Å². The summed E-state index contributed by atoms with van der Waals surface area (Å²) >= 11 is 0. The second kappa shape index (κ2) is 5.42. The van der Waals surface area contributed by atoms with Crippen LogP contribution in [0, 0.1) is 17.3 Å². The van der Waals surface area contributed by atoms with E-state index in [0.29, 0.717) is 18.4 Å². The Bertz CT molecular complexity index is 726. The molecular weight excluding hydrogens is 336 g/mol. The van der Waals surface area contributed by atoms with Gasteiger partial charge in [0.05, 0.1) is 18.1 Å². The lowest BCUT2D eigenvalue weighted by atomic mass is 9.54. The number of epoxide rings is 1. The summed E-state index contributed by atoms with van der Waals surface area (Å²) in [5, 5.41) is 10.7. The van der Waals surface area contributed by atoms with Crippen LogP contribution in [-0.4, -0.2) is 47.1 Å². The zero-order chi connectivity index (χ0) is 19.0. The molecule has 142 valence electrons. The Morgan fingerprint density at radius 1 is 1.42 bits per heavy atom. The van der Waals surface area contributed by atoms with Gasteiger partial charge in [0.1, 0.15) is 12.2 Å². The highest BCUT2D eigenvalue weighted by Crippen LogP contribution is 2.57. The number of hydrogen-bond acceptors (Lipinski definition) is 6. The third-order valence-corrected chi connectivity index (χ3v) is 7.06. The molecule has 1 N–H and O–H groups in total. The van der Waals surface area contributed by atoms with Crippen LogP contribution in [0.4, 0.5) is 0 Å². The molecule has 3 fully saturated rings. The number of fused-ring (bicyclic) bond motifs is 3. The normalized spacial score (nSPS) is 49.7. The predicted octanol–water partition coefficient (Wildman–Crippen LogP) is 1.91. The van der Waals surface area contributed by atoms with Gasteiger partial charge in [0.2, 0.25) is 0 Å². The van der Waals surface area contributed by atoms with Crippen molar-refractivity contribution in [2.45, 2.75) is 70.6 Å². The van der Waals surface area contributed by atoms with E-state index >= 15 is 0 Å². The first-order valence-corrected chi connectivity index (χ1v) is 9.23. The van der Waals surface area contributed by atoms with E-state index in [9.17, 15) is 14.7 Å². The monoisotopic (exact) mass is 362 g/mol. The molecule has 0 unspecified atom stereocenters. The van der Waals surface area contributed by atoms with Gasteiger partial charge in [-0.05, 0) is 33.6 Å². The molecule has 4 aliphatic rings. The van der Waals surface area contributed by atoms with Gasteiger partial charge in [-0.3, -0.25) is 0 Å². The van der Waals surface area contributed by atoms with Crippen LogP contribution in [0.2, 0.25) is 0 Å². The van der Waals surface area contributed by atoms with Crippen LogP contribution in [0.5, 0.6) is 0 Å². The van der Waals surface area contributed by atoms with E-state index in [4.69, 9.17) is 14.2 Å². The summed E-state index contributed by atoms with van der Waals surface area (Å²) < 4.78 is 16.9. The van der Waals surface area contributed by atoms with Crippen molar-refractivity contribution in [1.29, 1.82) is 0 Å². The molecule has 2 aliphatic heterocycles. The molecule has 2 heterocycles. The van der Waals surface area contributed by atoms with E-state index in [1.54, 1.807) is 6.92 Å². The lowest BCUT2D eigenvalue weighted by Crippen LogP contribution is -2.57. The van der Waals surface area contributed by atoms with Crippen molar-refractivity contribution in [3.05, 3.63) is 23.8 Å². The molecule has 2 saturated heterocycles. The second-order valence-corrected chi connectivity index (χ2v) is 8.62. The van der Waals surface area contributed by atoms with Crippen molar-refractivity contribution in [3.63, 3.8) is 0 Å². The van der Waals surface area contributed by atoms with E-state index in [1.807, 2.05) is 26.8 Å². The highest BCUT2D eigenvalue weighted by Gasteiger charge is 2.63. The van der Waals surface area contributed by atoms with Crippen molar-refractivity contribution in [2.75, 3.05) is 0 Å². The fourth-order valence-electron chi connectivity index (χ4n) is 5.11. The van der Waals surface area contributed by atoms with Crippen LogP contribution in [0.1, 0.15) is 40.5 Å². The van der Waals surface area contributed by atoms with Gasteiger partial charge in [-0.2, -0.15) is 0 Å². The fraction of sp³-hybridized carbons (Fsp3) is 0.700. The minimum Gasteiger partial charge on any atom is -0.459 e. The fourth-order valence-corrected chi connectivity index (χ4v) is 5.11. The number of ether oxygens (including phenoxy) is 3. The van der Waals surface area contributed by atoms with Gasteiger partial charge in [0.25, 0.3) is 0 Å². The molecule has 8 atom stereocenters. The molecule has 1 saturated carbocycles. The Balaban J connectivity index is 1.69. The molecule has 0 aromatic heterocycles. The Morgan fingerprint density at radius 2 is 2.08 bits per heavy atom. The third kappa shape index (κ3) is 2.24. The number of carbonyl (C=O) groups excluding carboxylic acids is 2. The Morgan fingerprint density at radius 3 is 2.69 bits per heavy atom. The molecule has 2 aliphatic carbocycles. The van der Waals surface area contributed by atoms with Crippen LogP contribution in [0.15, 0.2) is 23.8 Å². The number of aliphatic hydroxyl groups is 1. The van der Waals surface area contributed by atoms with Crippen molar-refractivity contribution in [2.24, 2.45) is 17.3 Å². The maximum Gasteiger partial charge on any atom is 0.341 e. The van der Waals surface area contributed by atoms with E-state index < -0.39 is 47.2 Å². The van der Waals surface area contributed by atoms with E-state index in [2.05, 4.69) is 6.58 Å². The first kappa shape index (κ1) is 17.7. The van der Waals surface area contributed by atoms with Gasteiger partial charge < -0.3 is 19.3 Å². The Hall–Kier alpha value is -1.66. The van der Waals surface area contributed by atoms with E-state index in [-0.39, 0.29) is 12.0 Å². The summed E-state index contributed by atoms with van der Waals surface area (Å²) in [5.74, 6) is -1.38. The molecule has 6 heteroatoms. The van der Waals surface area contributed by atoms with Crippen molar-refractivity contribution < 1.29 is 28.9 Å². The van der Waals surface area contributed by atoms with Crippen LogP contribution in [0.3, 0.4) is 0 Å². The summed E-state index contributed by atoms with van der Waals surface area (Å²) in [6, 6.07) is 0. The lowest BCUT2D eigenvalue weighted by molar-refractivity contribution is -0.179. The zero-order valence-corrected chi connectivity index (χ0v) is 15.7. The van der Waals surface area contributed by atoms with E-state index in [0.717, 1.165) is 5.57 Å². The molecule has 0 aromatic rings. The standard InChI is InChI=1S/C20H26O6/c1-9-6-7-13(21)19(4)8-12(24-18(23)20(5)11(3)26-20)14-10(2)17(22)25-16(14)15(9)19/h6,11-16,21H,2,7-8H2,1,3-5H3/t11-,12+,13+,14+,15+,16-,19-,20-/m0/s1. The SMILES string of the molecule is C=C1C(=O)O[C@H]2[C@H]1[C@H](OC(=O)[C@@]1(C)O[C@H]1C)C[C@@]1(C)[C@H](O)CC=C(C)[C@H]21. The van der Waals surface area contributed by atoms with Crippen LogP contribution in [0.25, 0.3) is 0 Å². The maximum absolute atomic E-state index is 12.6. The molecule has 0 spiro atoms. The average molecular weight is 362 g/mol. The van der Waals surface area contributed by atoms with Crippen LogP contribution in [-0.2, 0) is 23.8 Å². The minimum absolute atomic E-state index is 0.110. The number of carbonyl (C=O) groups is 2. The van der Waals surface area contributed by atoms with Crippen LogP contribution < -0.4 is 0 Å². The van der Waals surface area contributed by atoms with Gasteiger partial charge >= 0.3 is 11.9 Å². The quantitative estimate of drug-likeness (QED) is 0.350. The van der Waals surface area contributed by atoms with Gasteiger partial charge in [0.15, 0.2) is 5.60 Å². The largest absolute Gasteiger partial charge is 0.459 e. The van der Waals surface area contributed by atoms with Gasteiger partial charge in [-0.25, -0.2) is 9.59 Å². The smallest absolute Gasteiger partial charge is 0.341 e. The summed E-state index contributed by atoms with van der Waals surface area (Å²) in [7, 11) is 0. The number of esters is 2. The molecule has 26 heavy (non-hydrogen) atoms. The first-order valence-electron chi connectivity index (χ1n) is 9.23. The predicted molar refractivity (Wildman–Crippen MR) is 91.9 cm³/mol. The molecule has 0 radical (unpaired) electrons. The van der Waals surface area contributed by atoms with Crippen LogP contribution >= 0.6 is 0 Å².